The molecule has 0 aliphatic rings. The van der Waals surface area contributed by atoms with Crippen LogP contribution in [0.4, 0.5) is 4.39 Å². The number of halogens is 1. The van der Waals surface area contributed by atoms with Gasteiger partial charge in [0.25, 0.3) is 0 Å². The van der Waals surface area contributed by atoms with Crippen molar-refractivity contribution in [3.63, 3.8) is 0 Å². The monoisotopic (exact) mass is 294 g/mol. The van der Waals surface area contributed by atoms with E-state index < -0.39 is 0 Å². The third kappa shape index (κ3) is 2.54. The number of hydrogen-bond donors (Lipinski definition) is 0. The van der Waals surface area contributed by atoms with Crippen molar-refractivity contribution in [3.05, 3.63) is 71.9 Å². The zero-order valence-electron chi connectivity index (χ0n) is 12.9. The molecule has 0 saturated heterocycles. The van der Waals surface area contributed by atoms with E-state index in [0.717, 1.165) is 35.3 Å². The minimum Gasteiger partial charge on any atom is -0.299 e. The van der Waals surface area contributed by atoms with E-state index in [1.807, 2.05) is 41.8 Å². The first-order valence-electron chi connectivity index (χ1n) is 7.64. The molecular weight excluding hydrogens is 275 g/mol. The van der Waals surface area contributed by atoms with E-state index in [1.54, 1.807) is 18.6 Å². The van der Waals surface area contributed by atoms with E-state index in [0.29, 0.717) is 5.56 Å². The van der Waals surface area contributed by atoms with Gasteiger partial charge in [0.15, 0.2) is 0 Å². The fourth-order valence-electron chi connectivity index (χ4n) is 2.77. The van der Waals surface area contributed by atoms with Crippen molar-refractivity contribution in [2.75, 3.05) is 0 Å². The third-order valence-corrected chi connectivity index (χ3v) is 3.95. The Bertz CT molecular complexity index is 775. The number of para-hydroxylation sites is 1. The molecular formula is C19H19FN2. The normalized spacial score (nSPS) is 10.9. The summed E-state index contributed by atoms with van der Waals surface area (Å²) in [4.78, 5) is 4.23. The molecule has 0 fully saturated rings. The Labute approximate surface area is 130 Å². The second-order valence-corrected chi connectivity index (χ2v) is 5.30. The number of rotatable bonds is 4. The van der Waals surface area contributed by atoms with Crippen LogP contribution in [0.25, 0.3) is 16.9 Å². The number of aryl methyl sites for hydroxylation is 2. The molecule has 3 rings (SSSR count). The average Bonchev–Trinajstić information content (AvgIpc) is 3.03. The van der Waals surface area contributed by atoms with Gasteiger partial charge in [-0.25, -0.2) is 9.37 Å². The van der Waals surface area contributed by atoms with E-state index in [1.165, 1.54) is 0 Å². The van der Waals surface area contributed by atoms with E-state index >= 15 is 0 Å². The van der Waals surface area contributed by atoms with E-state index in [4.69, 9.17) is 0 Å². The Hall–Kier alpha value is -2.42. The zero-order valence-corrected chi connectivity index (χ0v) is 12.9. The fourth-order valence-corrected chi connectivity index (χ4v) is 2.77. The molecule has 0 atom stereocenters. The number of hydrogen-bond acceptors (Lipinski definition) is 1. The molecule has 3 heteroatoms. The van der Waals surface area contributed by atoms with Gasteiger partial charge in [-0.1, -0.05) is 38.1 Å². The van der Waals surface area contributed by atoms with Gasteiger partial charge in [0.05, 0.1) is 18.2 Å². The second-order valence-electron chi connectivity index (χ2n) is 5.30. The molecule has 0 bridgehead atoms. The van der Waals surface area contributed by atoms with Crippen LogP contribution in [-0.2, 0) is 12.8 Å². The quantitative estimate of drug-likeness (QED) is 0.675. The highest BCUT2D eigenvalue weighted by molar-refractivity contribution is 5.67. The summed E-state index contributed by atoms with van der Waals surface area (Å²) < 4.78 is 16.6. The van der Waals surface area contributed by atoms with Crippen LogP contribution in [0.15, 0.2) is 55.0 Å². The van der Waals surface area contributed by atoms with Gasteiger partial charge in [-0.2, -0.15) is 0 Å². The highest BCUT2D eigenvalue weighted by Gasteiger charge is 2.16. The first-order chi connectivity index (χ1) is 10.7. The summed E-state index contributed by atoms with van der Waals surface area (Å²) in [5, 5.41) is 0. The Balaban J connectivity index is 2.20. The SMILES string of the molecule is CCc1cc(F)c(-c2cncn2-c2ccccc2)c(CC)c1. The van der Waals surface area contributed by atoms with E-state index in [-0.39, 0.29) is 5.82 Å². The van der Waals surface area contributed by atoms with Crippen LogP contribution < -0.4 is 0 Å². The molecule has 0 aliphatic heterocycles. The maximum Gasteiger partial charge on any atom is 0.133 e. The van der Waals surface area contributed by atoms with Gasteiger partial charge in [0.2, 0.25) is 0 Å². The summed E-state index contributed by atoms with van der Waals surface area (Å²) in [5.74, 6) is -0.172. The lowest BCUT2D eigenvalue weighted by atomic mass is 9.98. The van der Waals surface area contributed by atoms with Crippen LogP contribution in [0.2, 0.25) is 0 Å². The Morgan fingerprint density at radius 3 is 2.50 bits per heavy atom. The number of aromatic nitrogens is 2. The molecule has 112 valence electrons. The van der Waals surface area contributed by atoms with Gasteiger partial charge in [-0.3, -0.25) is 4.57 Å². The van der Waals surface area contributed by atoms with Crippen molar-refractivity contribution in [3.8, 4) is 16.9 Å². The summed E-state index contributed by atoms with van der Waals surface area (Å²) in [6.07, 6.45) is 5.09. The van der Waals surface area contributed by atoms with Crippen molar-refractivity contribution >= 4 is 0 Å². The van der Waals surface area contributed by atoms with E-state index in [9.17, 15) is 4.39 Å². The van der Waals surface area contributed by atoms with Crippen LogP contribution in [0, 0.1) is 5.82 Å². The van der Waals surface area contributed by atoms with Gasteiger partial charge in [-0.15, -0.1) is 0 Å². The predicted octanol–water partition coefficient (Wildman–Crippen LogP) is 4.80. The molecule has 0 spiro atoms. The summed E-state index contributed by atoms with van der Waals surface area (Å²) in [6.45, 7) is 4.10. The number of imidazole rings is 1. The summed E-state index contributed by atoms with van der Waals surface area (Å²) in [7, 11) is 0. The summed E-state index contributed by atoms with van der Waals surface area (Å²) in [5.41, 5.74) is 4.48. The molecule has 0 aliphatic carbocycles. The predicted molar refractivity (Wildman–Crippen MR) is 87.7 cm³/mol. The topological polar surface area (TPSA) is 17.8 Å². The number of benzene rings is 2. The Morgan fingerprint density at radius 2 is 1.82 bits per heavy atom. The Kier molecular flexibility index (Phi) is 4.05. The highest BCUT2D eigenvalue weighted by Crippen LogP contribution is 2.30. The molecule has 2 nitrogen and oxygen atoms in total. The van der Waals surface area contributed by atoms with E-state index in [2.05, 4.69) is 18.0 Å². The van der Waals surface area contributed by atoms with Gasteiger partial charge in [0, 0.05) is 11.3 Å². The van der Waals surface area contributed by atoms with Crippen LogP contribution in [0.1, 0.15) is 25.0 Å². The minimum absolute atomic E-state index is 0.172. The van der Waals surface area contributed by atoms with Crippen molar-refractivity contribution in [1.82, 2.24) is 9.55 Å². The Morgan fingerprint density at radius 1 is 1.05 bits per heavy atom. The molecule has 2 aromatic carbocycles. The van der Waals surface area contributed by atoms with Crippen molar-refractivity contribution in [1.29, 1.82) is 0 Å². The molecule has 0 amide bonds. The first-order valence-corrected chi connectivity index (χ1v) is 7.64. The van der Waals surface area contributed by atoms with Crippen LogP contribution in [0.3, 0.4) is 0 Å². The molecule has 0 radical (unpaired) electrons. The van der Waals surface area contributed by atoms with Crippen LogP contribution >= 0.6 is 0 Å². The molecule has 0 saturated carbocycles. The molecule has 1 aromatic heterocycles. The van der Waals surface area contributed by atoms with Crippen molar-refractivity contribution < 1.29 is 4.39 Å². The average molecular weight is 294 g/mol. The van der Waals surface area contributed by atoms with Gasteiger partial charge >= 0.3 is 0 Å². The molecule has 22 heavy (non-hydrogen) atoms. The summed E-state index contributed by atoms with van der Waals surface area (Å²) >= 11 is 0. The van der Waals surface area contributed by atoms with Crippen LogP contribution in [0.5, 0.6) is 0 Å². The maximum absolute atomic E-state index is 14.7. The maximum atomic E-state index is 14.7. The highest BCUT2D eigenvalue weighted by atomic mass is 19.1. The van der Waals surface area contributed by atoms with Crippen molar-refractivity contribution in [2.24, 2.45) is 0 Å². The molecule has 3 aromatic rings. The standard InChI is InChI=1S/C19H19FN2/c1-3-14-10-15(4-2)19(17(20)11-14)18-12-21-13-22(18)16-8-6-5-7-9-16/h5-13H,3-4H2,1-2H3. The molecule has 0 unspecified atom stereocenters. The molecule has 0 N–H and O–H groups in total. The first kappa shape index (κ1) is 14.5. The van der Waals surface area contributed by atoms with Gasteiger partial charge < -0.3 is 0 Å². The lowest BCUT2D eigenvalue weighted by Crippen LogP contribution is -2.01. The third-order valence-electron chi connectivity index (χ3n) is 3.95. The lowest BCUT2D eigenvalue weighted by molar-refractivity contribution is 0.626. The zero-order chi connectivity index (χ0) is 15.5. The smallest absolute Gasteiger partial charge is 0.133 e. The largest absolute Gasteiger partial charge is 0.299 e. The summed E-state index contributed by atoms with van der Waals surface area (Å²) in [6, 6.07) is 13.6. The van der Waals surface area contributed by atoms with Crippen molar-refractivity contribution in [2.45, 2.75) is 26.7 Å². The second kappa shape index (κ2) is 6.14. The van der Waals surface area contributed by atoms with Gasteiger partial charge in [-0.05, 0) is 42.2 Å². The number of nitrogens with zero attached hydrogens (tertiary/aromatic N) is 2. The molecule has 1 heterocycles. The lowest BCUT2D eigenvalue weighted by Gasteiger charge is -2.14. The van der Waals surface area contributed by atoms with Crippen LogP contribution in [-0.4, -0.2) is 9.55 Å². The fraction of sp³-hybridized carbons (Fsp3) is 0.211. The minimum atomic E-state index is -0.172. The van der Waals surface area contributed by atoms with Gasteiger partial charge in [0.1, 0.15) is 5.82 Å².